The van der Waals surface area contributed by atoms with Crippen LogP contribution in [0.3, 0.4) is 0 Å². The van der Waals surface area contributed by atoms with Crippen molar-refractivity contribution in [3.8, 4) is 0 Å². The summed E-state index contributed by atoms with van der Waals surface area (Å²) in [7, 11) is 1.98. The molecule has 0 saturated heterocycles. The number of nitrogens with zero attached hydrogens (tertiary/aromatic N) is 1. The van der Waals surface area contributed by atoms with Gasteiger partial charge < -0.3 is 10.3 Å². The number of rotatable bonds is 1. The van der Waals surface area contributed by atoms with Gasteiger partial charge in [-0.1, -0.05) is 0 Å². The molecule has 0 amide bonds. The van der Waals surface area contributed by atoms with E-state index >= 15 is 0 Å². The van der Waals surface area contributed by atoms with Crippen LogP contribution in [0.15, 0.2) is 16.7 Å². The van der Waals surface area contributed by atoms with Gasteiger partial charge in [0.05, 0.1) is 0 Å². The van der Waals surface area contributed by atoms with E-state index < -0.39 is 0 Å². The molecule has 0 radical (unpaired) electrons. The number of hydrogen-bond donors (Lipinski definition) is 1. The van der Waals surface area contributed by atoms with Crippen molar-refractivity contribution in [2.75, 3.05) is 0 Å². The first-order chi connectivity index (χ1) is 4.24. The molecule has 0 unspecified atom stereocenters. The Balaban J connectivity index is 3.01. The van der Waals surface area contributed by atoms with Crippen molar-refractivity contribution < 1.29 is 0 Å². The van der Waals surface area contributed by atoms with Crippen LogP contribution in [0.25, 0.3) is 0 Å². The van der Waals surface area contributed by atoms with Gasteiger partial charge in [-0.2, -0.15) is 0 Å². The predicted molar refractivity (Wildman–Crippen MR) is 41.0 cm³/mol. The van der Waals surface area contributed by atoms with E-state index in [2.05, 4.69) is 15.9 Å². The summed E-state index contributed by atoms with van der Waals surface area (Å²) in [5.41, 5.74) is 6.56. The van der Waals surface area contributed by atoms with Crippen molar-refractivity contribution in [1.82, 2.24) is 4.57 Å². The molecule has 0 saturated carbocycles. The zero-order valence-electron chi connectivity index (χ0n) is 5.26. The average molecular weight is 189 g/mol. The lowest BCUT2D eigenvalue weighted by Gasteiger charge is -1.95. The van der Waals surface area contributed by atoms with Crippen molar-refractivity contribution in [2.45, 2.75) is 6.54 Å². The van der Waals surface area contributed by atoms with Crippen molar-refractivity contribution in [2.24, 2.45) is 12.8 Å². The summed E-state index contributed by atoms with van der Waals surface area (Å²) in [6.45, 7) is 0.599. The van der Waals surface area contributed by atoms with E-state index in [1.165, 1.54) is 0 Å². The van der Waals surface area contributed by atoms with Crippen LogP contribution in [-0.2, 0) is 13.6 Å². The maximum Gasteiger partial charge on any atom is 0.0355 e. The zero-order valence-corrected chi connectivity index (χ0v) is 6.85. The van der Waals surface area contributed by atoms with Gasteiger partial charge in [0.2, 0.25) is 0 Å². The molecule has 1 heterocycles. The summed E-state index contributed by atoms with van der Waals surface area (Å²) in [5, 5.41) is 0. The maximum atomic E-state index is 5.42. The Morgan fingerprint density at radius 3 is 2.67 bits per heavy atom. The second kappa shape index (κ2) is 2.54. The van der Waals surface area contributed by atoms with E-state index in [1.54, 1.807) is 0 Å². The fourth-order valence-corrected chi connectivity index (χ4v) is 1.34. The molecule has 0 fully saturated rings. The normalized spacial score (nSPS) is 10.1. The molecule has 1 aromatic rings. The topological polar surface area (TPSA) is 30.9 Å². The summed E-state index contributed by atoms with van der Waals surface area (Å²) in [5.74, 6) is 0. The van der Waals surface area contributed by atoms with E-state index in [4.69, 9.17) is 5.73 Å². The molecular formula is C6H9BrN2. The fourth-order valence-electron chi connectivity index (χ4n) is 0.769. The van der Waals surface area contributed by atoms with Crippen LogP contribution in [0.5, 0.6) is 0 Å². The molecule has 0 aliphatic heterocycles. The first kappa shape index (κ1) is 6.83. The Morgan fingerprint density at radius 2 is 2.44 bits per heavy atom. The highest BCUT2D eigenvalue weighted by Crippen LogP contribution is 2.12. The number of hydrogen-bond acceptors (Lipinski definition) is 1. The fraction of sp³-hybridized carbons (Fsp3) is 0.333. The SMILES string of the molecule is Cn1cc(Br)cc1CN. The lowest BCUT2D eigenvalue weighted by Crippen LogP contribution is -2.01. The molecular weight excluding hydrogens is 180 g/mol. The van der Waals surface area contributed by atoms with Crippen molar-refractivity contribution >= 4 is 15.9 Å². The van der Waals surface area contributed by atoms with E-state index in [9.17, 15) is 0 Å². The highest BCUT2D eigenvalue weighted by atomic mass is 79.9. The maximum absolute atomic E-state index is 5.42. The third-order valence-corrected chi connectivity index (χ3v) is 1.72. The Bertz CT molecular complexity index is 205. The third-order valence-electron chi connectivity index (χ3n) is 1.28. The quantitative estimate of drug-likeness (QED) is 0.707. The summed E-state index contributed by atoms with van der Waals surface area (Å²) in [6, 6.07) is 2.01. The van der Waals surface area contributed by atoms with Crippen molar-refractivity contribution in [3.63, 3.8) is 0 Å². The van der Waals surface area contributed by atoms with Gasteiger partial charge >= 0.3 is 0 Å². The minimum atomic E-state index is 0.599. The number of aryl methyl sites for hydroxylation is 1. The summed E-state index contributed by atoms with van der Waals surface area (Å²) < 4.78 is 3.09. The molecule has 2 nitrogen and oxygen atoms in total. The smallest absolute Gasteiger partial charge is 0.0355 e. The van der Waals surface area contributed by atoms with E-state index in [1.807, 2.05) is 23.9 Å². The number of halogens is 1. The van der Waals surface area contributed by atoms with Gasteiger partial charge in [-0.25, -0.2) is 0 Å². The van der Waals surface area contributed by atoms with Gasteiger partial charge in [0.1, 0.15) is 0 Å². The molecule has 0 spiro atoms. The lowest BCUT2D eigenvalue weighted by atomic mass is 10.4. The van der Waals surface area contributed by atoms with Gasteiger partial charge in [0.15, 0.2) is 0 Å². The Morgan fingerprint density at radius 1 is 1.78 bits per heavy atom. The Kier molecular flexibility index (Phi) is 1.93. The minimum absolute atomic E-state index is 0.599. The van der Waals surface area contributed by atoms with Crippen LogP contribution in [0, 0.1) is 0 Å². The van der Waals surface area contributed by atoms with Crippen LogP contribution in [-0.4, -0.2) is 4.57 Å². The molecule has 1 rings (SSSR count). The van der Waals surface area contributed by atoms with Gasteiger partial charge in [0.25, 0.3) is 0 Å². The first-order valence-corrected chi connectivity index (χ1v) is 3.54. The number of nitrogens with two attached hydrogens (primary N) is 1. The van der Waals surface area contributed by atoms with Crippen LogP contribution in [0.1, 0.15) is 5.69 Å². The standard InChI is InChI=1S/C6H9BrN2/c1-9-4-5(7)2-6(9)3-8/h2,4H,3,8H2,1H3. The molecule has 9 heavy (non-hydrogen) atoms. The van der Waals surface area contributed by atoms with E-state index in [0.717, 1.165) is 10.2 Å². The van der Waals surface area contributed by atoms with Gasteiger partial charge in [-0.15, -0.1) is 0 Å². The van der Waals surface area contributed by atoms with Crippen molar-refractivity contribution in [1.29, 1.82) is 0 Å². The molecule has 0 atom stereocenters. The molecule has 3 heteroatoms. The molecule has 0 aliphatic carbocycles. The van der Waals surface area contributed by atoms with Crippen molar-refractivity contribution in [3.05, 3.63) is 22.4 Å². The number of aromatic nitrogens is 1. The van der Waals surface area contributed by atoms with Gasteiger partial charge in [-0.3, -0.25) is 0 Å². The molecule has 50 valence electrons. The second-order valence-corrected chi connectivity index (χ2v) is 2.88. The van der Waals surface area contributed by atoms with E-state index in [0.29, 0.717) is 6.54 Å². The van der Waals surface area contributed by atoms with Crippen LogP contribution in [0.4, 0.5) is 0 Å². The van der Waals surface area contributed by atoms with Crippen LogP contribution >= 0.6 is 15.9 Å². The molecule has 0 aromatic carbocycles. The second-order valence-electron chi connectivity index (χ2n) is 1.96. The Labute approximate surface area is 62.8 Å². The summed E-state index contributed by atoms with van der Waals surface area (Å²) >= 11 is 3.35. The van der Waals surface area contributed by atoms with E-state index in [-0.39, 0.29) is 0 Å². The lowest BCUT2D eigenvalue weighted by molar-refractivity contribution is 0.824. The summed E-state index contributed by atoms with van der Waals surface area (Å²) in [4.78, 5) is 0. The minimum Gasteiger partial charge on any atom is -0.352 e. The highest BCUT2D eigenvalue weighted by Gasteiger charge is 1.95. The monoisotopic (exact) mass is 188 g/mol. The molecule has 0 bridgehead atoms. The Hall–Kier alpha value is -0.280. The van der Waals surface area contributed by atoms with Crippen LogP contribution in [0.2, 0.25) is 0 Å². The summed E-state index contributed by atoms with van der Waals surface area (Å²) in [6.07, 6.45) is 1.99. The zero-order chi connectivity index (χ0) is 6.85. The largest absolute Gasteiger partial charge is 0.352 e. The molecule has 1 aromatic heterocycles. The van der Waals surface area contributed by atoms with Gasteiger partial charge in [0, 0.05) is 30.0 Å². The average Bonchev–Trinajstić information content (AvgIpc) is 2.10. The van der Waals surface area contributed by atoms with Gasteiger partial charge in [-0.05, 0) is 22.0 Å². The predicted octanol–water partition coefficient (Wildman–Crippen LogP) is 1.25. The highest BCUT2D eigenvalue weighted by molar-refractivity contribution is 9.10. The molecule has 0 aliphatic rings. The van der Waals surface area contributed by atoms with Crippen LogP contribution < -0.4 is 5.73 Å². The molecule has 2 N–H and O–H groups in total. The first-order valence-electron chi connectivity index (χ1n) is 2.75. The third kappa shape index (κ3) is 1.34.